The van der Waals surface area contributed by atoms with Gasteiger partial charge in [0.05, 0.1) is 0 Å². The molecule has 1 N–H and O–H groups in total. The lowest BCUT2D eigenvalue weighted by atomic mass is 10.3. The maximum absolute atomic E-state index is 11.9. The highest BCUT2D eigenvalue weighted by Crippen LogP contribution is 2.18. The van der Waals surface area contributed by atoms with Crippen LogP contribution in [0.3, 0.4) is 0 Å². The molecule has 1 heterocycles. The topological polar surface area (TPSA) is 60.9 Å². The molecule has 16 heavy (non-hydrogen) atoms. The lowest BCUT2D eigenvalue weighted by molar-refractivity contribution is -0.141. The van der Waals surface area contributed by atoms with Crippen LogP contribution in [0.4, 0.5) is 4.79 Å². The minimum atomic E-state index is -0.937. The summed E-state index contributed by atoms with van der Waals surface area (Å²) in [5.41, 5.74) is 0. The third-order valence-electron chi connectivity index (χ3n) is 2.39. The van der Waals surface area contributed by atoms with Crippen molar-refractivity contribution in [3.05, 3.63) is 12.7 Å². The van der Waals surface area contributed by atoms with Gasteiger partial charge in [0, 0.05) is 31.6 Å². The minimum Gasteiger partial charge on any atom is -0.480 e. The first-order chi connectivity index (χ1) is 7.57. The number of rotatable bonds is 3. The first kappa shape index (κ1) is 12.9. The van der Waals surface area contributed by atoms with Gasteiger partial charge in [-0.15, -0.1) is 6.58 Å². The number of hydrogen-bond donors (Lipinski definition) is 1. The number of nitrogens with zero attached hydrogens (tertiary/aromatic N) is 2. The summed E-state index contributed by atoms with van der Waals surface area (Å²) in [4.78, 5) is 25.8. The van der Waals surface area contributed by atoms with Crippen LogP contribution < -0.4 is 0 Å². The van der Waals surface area contributed by atoms with Crippen LogP contribution in [-0.2, 0) is 4.79 Å². The SMILES string of the molecule is C=CCN(C)C(=O)N1CCSCC1C(=O)O. The van der Waals surface area contributed by atoms with Crippen LogP contribution in [0.2, 0.25) is 0 Å². The highest BCUT2D eigenvalue weighted by Gasteiger charge is 2.33. The second-order valence-corrected chi connectivity index (χ2v) is 4.72. The Hall–Kier alpha value is -1.17. The molecule has 2 amide bonds. The second kappa shape index (κ2) is 5.79. The fraction of sp³-hybridized carbons (Fsp3) is 0.600. The maximum Gasteiger partial charge on any atom is 0.327 e. The van der Waals surface area contributed by atoms with E-state index in [9.17, 15) is 9.59 Å². The smallest absolute Gasteiger partial charge is 0.327 e. The van der Waals surface area contributed by atoms with Gasteiger partial charge < -0.3 is 14.9 Å². The molecule has 5 nitrogen and oxygen atoms in total. The number of likely N-dealkylation sites (N-methyl/N-ethyl adjacent to an activating group) is 1. The molecule has 1 atom stereocenters. The molecule has 1 aliphatic heterocycles. The molecule has 0 aromatic rings. The fourth-order valence-electron chi connectivity index (χ4n) is 1.53. The summed E-state index contributed by atoms with van der Waals surface area (Å²) < 4.78 is 0. The van der Waals surface area contributed by atoms with Gasteiger partial charge in [-0.05, 0) is 0 Å². The molecule has 1 saturated heterocycles. The molecule has 0 spiro atoms. The van der Waals surface area contributed by atoms with Crippen LogP contribution in [0.15, 0.2) is 12.7 Å². The molecular weight excluding hydrogens is 228 g/mol. The Morgan fingerprint density at radius 2 is 2.38 bits per heavy atom. The van der Waals surface area contributed by atoms with Crippen LogP contribution in [0.25, 0.3) is 0 Å². The van der Waals surface area contributed by atoms with Crippen molar-refractivity contribution >= 4 is 23.8 Å². The molecule has 90 valence electrons. The van der Waals surface area contributed by atoms with Gasteiger partial charge in [-0.2, -0.15) is 11.8 Å². The van der Waals surface area contributed by atoms with E-state index in [1.807, 2.05) is 0 Å². The first-order valence-electron chi connectivity index (χ1n) is 5.01. The molecule has 0 aromatic carbocycles. The zero-order valence-corrected chi connectivity index (χ0v) is 10.1. The number of carboxylic acid groups (broad SMARTS) is 1. The molecule has 1 fully saturated rings. The summed E-state index contributed by atoms with van der Waals surface area (Å²) in [6.07, 6.45) is 1.62. The Labute approximate surface area is 99.1 Å². The van der Waals surface area contributed by atoms with Gasteiger partial charge in [-0.25, -0.2) is 9.59 Å². The van der Waals surface area contributed by atoms with Crippen LogP contribution in [-0.4, -0.2) is 64.6 Å². The molecule has 1 rings (SSSR count). The average molecular weight is 244 g/mol. The number of carbonyl (C=O) groups excluding carboxylic acids is 1. The van der Waals surface area contributed by atoms with Crippen molar-refractivity contribution in [1.82, 2.24) is 9.80 Å². The summed E-state index contributed by atoms with van der Waals surface area (Å²) in [7, 11) is 1.64. The van der Waals surface area contributed by atoms with Crippen molar-refractivity contribution in [3.63, 3.8) is 0 Å². The fourth-order valence-corrected chi connectivity index (χ4v) is 2.57. The van der Waals surface area contributed by atoms with Crippen molar-refractivity contribution in [3.8, 4) is 0 Å². The van der Waals surface area contributed by atoms with Gasteiger partial charge in [-0.3, -0.25) is 0 Å². The third-order valence-corrected chi connectivity index (χ3v) is 3.41. The van der Waals surface area contributed by atoms with Gasteiger partial charge >= 0.3 is 12.0 Å². The van der Waals surface area contributed by atoms with Crippen molar-refractivity contribution < 1.29 is 14.7 Å². The number of urea groups is 1. The zero-order chi connectivity index (χ0) is 12.1. The molecule has 0 aliphatic carbocycles. The van der Waals surface area contributed by atoms with E-state index in [2.05, 4.69) is 6.58 Å². The average Bonchev–Trinajstić information content (AvgIpc) is 2.28. The van der Waals surface area contributed by atoms with Gasteiger partial charge in [-0.1, -0.05) is 6.08 Å². The third kappa shape index (κ3) is 2.91. The lowest BCUT2D eigenvalue weighted by Gasteiger charge is -2.35. The van der Waals surface area contributed by atoms with E-state index in [1.165, 1.54) is 9.80 Å². The van der Waals surface area contributed by atoms with Crippen LogP contribution in [0, 0.1) is 0 Å². The zero-order valence-electron chi connectivity index (χ0n) is 9.26. The summed E-state index contributed by atoms with van der Waals surface area (Å²) in [5.74, 6) is 0.313. The van der Waals surface area contributed by atoms with Gasteiger partial charge in [0.1, 0.15) is 6.04 Å². The Morgan fingerprint density at radius 3 is 2.94 bits per heavy atom. The van der Waals surface area contributed by atoms with E-state index in [0.29, 0.717) is 18.8 Å². The van der Waals surface area contributed by atoms with Gasteiger partial charge in [0.2, 0.25) is 0 Å². The minimum absolute atomic E-state index is 0.243. The van der Waals surface area contributed by atoms with E-state index in [4.69, 9.17) is 5.11 Å². The molecular formula is C10H16N2O3S. The standard InChI is InChI=1S/C10H16N2O3S/c1-3-4-11(2)10(15)12-5-6-16-7-8(12)9(13)14/h3,8H,1,4-7H2,2H3,(H,13,14). The molecule has 6 heteroatoms. The number of hydrogen-bond acceptors (Lipinski definition) is 3. The summed E-state index contributed by atoms with van der Waals surface area (Å²) in [6, 6.07) is -0.953. The van der Waals surface area contributed by atoms with E-state index in [0.717, 1.165) is 5.75 Å². The predicted octanol–water partition coefficient (Wildman–Crippen LogP) is 0.726. The highest BCUT2D eigenvalue weighted by molar-refractivity contribution is 7.99. The quantitative estimate of drug-likeness (QED) is 0.743. The van der Waals surface area contributed by atoms with Crippen molar-refractivity contribution in [1.29, 1.82) is 0 Å². The van der Waals surface area contributed by atoms with E-state index >= 15 is 0 Å². The Morgan fingerprint density at radius 1 is 1.69 bits per heavy atom. The predicted molar refractivity (Wildman–Crippen MR) is 63.7 cm³/mol. The Bertz CT molecular complexity index is 296. The lowest BCUT2D eigenvalue weighted by Crippen LogP contribution is -2.54. The van der Waals surface area contributed by atoms with E-state index in [1.54, 1.807) is 24.9 Å². The van der Waals surface area contributed by atoms with Crippen LogP contribution in [0.5, 0.6) is 0 Å². The molecule has 1 aliphatic rings. The number of carbonyl (C=O) groups is 2. The maximum atomic E-state index is 11.9. The Kier molecular flexibility index (Phi) is 4.67. The van der Waals surface area contributed by atoms with Gasteiger partial charge in [0.15, 0.2) is 0 Å². The molecule has 1 unspecified atom stereocenters. The highest BCUT2D eigenvalue weighted by atomic mass is 32.2. The summed E-state index contributed by atoms with van der Waals surface area (Å²) >= 11 is 1.56. The van der Waals surface area contributed by atoms with Crippen LogP contribution >= 0.6 is 11.8 Å². The first-order valence-corrected chi connectivity index (χ1v) is 6.16. The van der Waals surface area contributed by atoms with E-state index in [-0.39, 0.29) is 6.03 Å². The summed E-state index contributed by atoms with van der Waals surface area (Å²) in [6.45, 7) is 4.46. The molecule has 0 bridgehead atoms. The van der Waals surface area contributed by atoms with Crippen molar-refractivity contribution in [2.24, 2.45) is 0 Å². The monoisotopic (exact) mass is 244 g/mol. The summed E-state index contributed by atoms with van der Waals surface area (Å²) in [5, 5.41) is 9.02. The van der Waals surface area contributed by atoms with Gasteiger partial charge in [0.25, 0.3) is 0 Å². The normalized spacial score (nSPS) is 20.3. The second-order valence-electron chi connectivity index (χ2n) is 3.57. The number of aliphatic carboxylic acids is 1. The van der Waals surface area contributed by atoms with Crippen molar-refractivity contribution in [2.75, 3.05) is 31.6 Å². The molecule has 0 aromatic heterocycles. The van der Waals surface area contributed by atoms with Crippen molar-refractivity contribution in [2.45, 2.75) is 6.04 Å². The molecule has 0 radical (unpaired) electrons. The largest absolute Gasteiger partial charge is 0.480 e. The Balaban J connectivity index is 2.70. The number of thioether (sulfide) groups is 1. The van der Waals surface area contributed by atoms with E-state index < -0.39 is 12.0 Å². The number of carboxylic acids is 1. The number of amides is 2. The van der Waals surface area contributed by atoms with Crippen LogP contribution in [0.1, 0.15) is 0 Å². The molecule has 0 saturated carbocycles.